The molecule has 1 aliphatic carbocycles. The van der Waals surface area contributed by atoms with Crippen LogP contribution in [0.15, 0.2) is 16.8 Å². The molecule has 1 saturated carbocycles. The van der Waals surface area contributed by atoms with Crippen LogP contribution in [0.5, 0.6) is 0 Å². The van der Waals surface area contributed by atoms with Gasteiger partial charge >= 0.3 is 0 Å². The fourth-order valence-electron chi connectivity index (χ4n) is 1.98. The van der Waals surface area contributed by atoms with Crippen LogP contribution >= 0.6 is 23.7 Å². The molecule has 0 bridgehead atoms. The van der Waals surface area contributed by atoms with Crippen LogP contribution in [0.3, 0.4) is 0 Å². The first-order chi connectivity index (χ1) is 7.64. The van der Waals surface area contributed by atoms with Crippen LogP contribution in [-0.4, -0.2) is 18.0 Å². The molecule has 3 N–H and O–H groups in total. The molecule has 0 aromatic carbocycles. The van der Waals surface area contributed by atoms with Gasteiger partial charge in [-0.1, -0.05) is 0 Å². The first-order valence-corrected chi connectivity index (χ1v) is 6.60. The highest BCUT2D eigenvalue weighted by Crippen LogP contribution is 2.38. The number of hydrogen-bond donors (Lipinski definition) is 2. The maximum atomic E-state index is 11.9. The average Bonchev–Trinajstić information content (AvgIpc) is 3.00. The molecule has 1 aliphatic rings. The van der Waals surface area contributed by atoms with Crippen LogP contribution < -0.4 is 11.1 Å². The van der Waals surface area contributed by atoms with Crippen molar-refractivity contribution in [3.05, 3.63) is 22.4 Å². The molecule has 0 saturated heterocycles. The zero-order valence-electron chi connectivity index (χ0n) is 9.94. The number of nitrogens with one attached hydrogen (secondary N) is 1. The van der Waals surface area contributed by atoms with E-state index in [1.54, 1.807) is 11.3 Å². The highest BCUT2D eigenvalue weighted by Gasteiger charge is 2.41. The Labute approximate surface area is 112 Å². The Kier molecular flexibility index (Phi) is 4.98. The van der Waals surface area contributed by atoms with Crippen molar-refractivity contribution in [2.24, 2.45) is 11.7 Å². The fourth-order valence-corrected chi connectivity index (χ4v) is 2.65. The lowest BCUT2D eigenvalue weighted by molar-refractivity contribution is -0.122. The number of nitrogens with two attached hydrogens (primary N) is 1. The van der Waals surface area contributed by atoms with Crippen LogP contribution in [-0.2, 0) is 11.2 Å². The maximum Gasteiger partial charge on any atom is 0.224 e. The number of amides is 1. The highest BCUT2D eigenvalue weighted by molar-refractivity contribution is 7.07. The van der Waals surface area contributed by atoms with Gasteiger partial charge < -0.3 is 11.1 Å². The van der Waals surface area contributed by atoms with E-state index in [4.69, 9.17) is 5.73 Å². The van der Waals surface area contributed by atoms with E-state index in [2.05, 4.69) is 12.2 Å². The van der Waals surface area contributed by atoms with Gasteiger partial charge in [-0.3, -0.25) is 4.79 Å². The minimum Gasteiger partial charge on any atom is -0.349 e. The summed E-state index contributed by atoms with van der Waals surface area (Å²) in [5.74, 6) is 0.655. The molecular weight excluding hydrogens is 256 g/mol. The van der Waals surface area contributed by atoms with Crippen LogP contribution in [0.1, 0.15) is 25.3 Å². The van der Waals surface area contributed by atoms with Crippen LogP contribution in [0.4, 0.5) is 0 Å². The van der Waals surface area contributed by atoms with E-state index in [0.29, 0.717) is 18.9 Å². The third-order valence-corrected chi connectivity index (χ3v) is 4.00. The molecule has 0 aliphatic heterocycles. The largest absolute Gasteiger partial charge is 0.349 e. The molecule has 0 radical (unpaired) electrons. The predicted molar refractivity (Wildman–Crippen MR) is 73.6 cm³/mol. The Hall–Kier alpha value is -0.580. The van der Waals surface area contributed by atoms with Gasteiger partial charge in [0.2, 0.25) is 5.91 Å². The van der Waals surface area contributed by atoms with E-state index in [1.165, 1.54) is 12.8 Å². The van der Waals surface area contributed by atoms with Crippen molar-refractivity contribution in [3.63, 3.8) is 0 Å². The molecule has 0 spiro atoms. The lowest BCUT2D eigenvalue weighted by atomic mass is 9.95. The molecule has 3 nitrogen and oxygen atoms in total. The van der Waals surface area contributed by atoms with E-state index in [1.807, 2.05) is 16.8 Å². The first kappa shape index (κ1) is 14.5. The molecular formula is C12H19ClN2OS. The molecule has 1 aromatic heterocycles. The molecule has 2 rings (SSSR count). The normalized spacial score (nSPS) is 18.0. The number of carbonyl (C=O) groups excluding carboxylic acids is 1. The second-order valence-electron chi connectivity index (χ2n) is 4.75. The third kappa shape index (κ3) is 3.69. The van der Waals surface area contributed by atoms with Crippen molar-refractivity contribution in [2.75, 3.05) is 6.54 Å². The van der Waals surface area contributed by atoms with Gasteiger partial charge in [-0.25, -0.2) is 0 Å². The molecule has 1 heterocycles. The van der Waals surface area contributed by atoms with Crippen molar-refractivity contribution in [1.29, 1.82) is 0 Å². The lowest BCUT2D eigenvalue weighted by Gasteiger charge is -2.29. The quantitative estimate of drug-likeness (QED) is 0.862. The SMILES string of the molecule is CC(CN)(NC(=O)Cc1ccsc1)C1CC1.Cl. The molecule has 96 valence electrons. The Morgan fingerprint density at radius 1 is 1.65 bits per heavy atom. The first-order valence-electron chi connectivity index (χ1n) is 5.66. The molecule has 1 atom stereocenters. The topological polar surface area (TPSA) is 55.1 Å². The number of carbonyl (C=O) groups is 1. The molecule has 1 amide bonds. The average molecular weight is 275 g/mol. The molecule has 17 heavy (non-hydrogen) atoms. The Morgan fingerprint density at radius 3 is 2.82 bits per heavy atom. The minimum absolute atomic E-state index is 0. The standard InChI is InChI=1S/C12H18N2OS.ClH/c1-12(8-13,10-2-3-10)14-11(15)6-9-4-5-16-7-9;/h4-5,7,10H,2-3,6,8,13H2,1H3,(H,14,15);1H. The van der Waals surface area contributed by atoms with E-state index in [0.717, 1.165) is 5.56 Å². The summed E-state index contributed by atoms with van der Waals surface area (Å²) < 4.78 is 0. The van der Waals surface area contributed by atoms with Crippen molar-refractivity contribution in [2.45, 2.75) is 31.7 Å². The molecule has 1 unspecified atom stereocenters. The second kappa shape index (κ2) is 5.85. The van der Waals surface area contributed by atoms with Crippen molar-refractivity contribution < 1.29 is 4.79 Å². The summed E-state index contributed by atoms with van der Waals surface area (Å²) in [7, 11) is 0. The van der Waals surface area contributed by atoms with Crippen molar-refractivity contribution >= 4 is 29.7 Å². The summed E-state index contributed by atoms with van der Waals surface area (Å²) >= 11 is 1.62. The summed E-state index contributed by atoms with van der Waals surface area (Å²) in [6, 6.07) is 1.99. The van der Waals surface area contributed by atoms with E-state index < -0.39 is 0 Å². The number of hydrogen-bond acceptors (Lipinski definition) is 3. The van der Waals surface area contributed by atoms with E-state index in [9.17, 15) is 4.79 Å². The summed E-state index contributed by atoms with van der Waals surface area (Å²) in [4.78, 5) is 11.9. The summed E-state index contributed by atoms with van der Waals surface area (Å²) in [5, 5.41) is 7.09. The third-order valence-electron chi connectivity index (χ3n) is 3.27. The summed E-state index contributed by atoms with van der Waals surface area (Å²) in [5.41, 5.74) is 6.64. The van der Waals surface area contributed by atoms with Gasteiger partial charge in [-0.15, -0.1) is 12.4 Å². The minimum atomic E-state index is -0.201. The molecule has 1 fully saturated rings. The van der Waals surface area contributed by atoms with E-state index in [-0.39, 0.29) is 23.9 Å². The van der Waals surface area contributed by atoms with Gasteiger partial charge in [-0.05, 0) is 48.1 Å². The highest BCUT2D eigenvalue weighted by atomic mass is 35.5. The number of halogens is 1. The monoisotopic (exact) mass is 274 g/mol. The van der Waals surface area contributed by atoms with Gasteiger partial charge in [0.25, 0.3) is 0 Å². The Bertz CT molecular complexity index is 365. The summed E-state index contributed by atoms with van der Waals surface area (Å²) in [6.45, 7) is 2.57. The van der Waals surface area contributed by atoms with Crippen LogP contribution in [0, 0.1) is 5.92 Å². The van der Waals surface area contributed by atoms with Crippen LogP contribution in [0.25, 0.3) is 0 Å². The van der Waals surface area contributed by atoms with Gasteiger partial charge in [0, 0.05) is 6.54 Å². The van der Waals surface area contributed by atoms with Crippen LogP contribution in [0.2, 0.25) is 0 Å². The number of rotatable bonds is 5. The second-order valence-corrected chi connectivity index (χ2v) is 5.53. The van der Waals surface area contributed by atoms with E-state index >= 15 is 0 Å². The van der Waals surface area contributed by atoms with Gasteiger partial charge in [-0.2, -0.15) is 11.3 Å². The number of thiophene rings is 1. The molecule has 1 aromatic rings. The van der Waals surface area contributed by atoms with Gasteiger partial charge in [0.05, 0.1) is 12.0 Å². The zero-order chi connectivity index (χ0) is 11.6. The fraction of sp³-hybridized carbons (Fsp3) is 0.583. The molecule has 5 heteroatoms. The summed E-state index contributed by atoms with van der Waals surface area (Å²) in [6.07, 6.45) is 2.84. The van der Waals surface area contributed by atoms with Crippen molar-refractivity contribution in [3.8, 4) is 0 Å². The van der Waals surface area contributed by atoms with Gasteiger partial charge in [0.15, 0.2) is 0 Å². The lowest BCUT2D eigenvalue weighted by Crippen LogP contribution is -2.53. The smallest absolute Gasteiger partial charge is 0.224 e. The Balaban J connectivity index is 0.00000144. The van der Waals surface area contributed by atoms with Crippen molar-refractivity contribution in [1.82, 2.24) is 5.32 Å². The van der Waals surface area contributed by atoms with Gasteiger partial charge in [0.1, 0.15) is 0 Å². The zero-order valence-corrected chi connectivity index (χ0v) is 11.6. The Morgan fingerprint density at radius 2 is 2.35 bits per heavy atom. The maximum absolute atomic E-state index is 11.9. The predicted octanol–water partition coefficient (Wildman–Crippen LogP) is 1.96.